The largest absolute Gasteiger partial charge is 0.489 e. The van der Waals surface area contributed by atoms with E-state index in [1.165, 1.54) is 5.48 Å². The summed E-state index contributed by atoms with van der Waals surface area (Å²) in [6.07, 6.45) is 0.322. The summed E-state index contributed by atoms with van der Waals surface area (Å²) < 4.78 is 5.66. The summed E-state index contributed by atoms with van der Waals surface area (Å²) in [7, 11) is 0. The lowest BCUT2D eigenvalue weighted by atomic mass is 10.1. The highest BCUT2D eigenvalue weighted by Crippen LogP contribution is 2.15. The third kappa shape index (κ3) is 4.81. The van der Waals surface area contributed by atoms with E-state index in [0.717, 1.165) is 11.1 Å². The molecule has 4 N–H and O–H groups in total. The van der Waals surface area contributed by atoms with Gasteiger partial charge in [0.15, 0.2) is 0 Å². The number of nitrogens with zero attached hydrogens (tertiary/aromatic N) is 1. The maximum Gasteiger partial charge on any atom is 0.260 e. The van der Waals surface area contributed by atoms with Gasteiger partial charge in [-0.15, -0.1) is 0 Å². The van der Waals surface area contributed by atoms with Crippen LogP contribution in [-0.4, -0.2) is 17.2 Å². The number of hydrogen-bond acceptors (Lipinski definition) is 5. The Morgan fingerprint density at radius 1 is 1.17 bits per heavy atom. The average molecular weight is 311 g/mol. The van der Waals surface area contributed by atoms with Crippen LogP contribution in [0.4, 0.5) is 0 Å². The molecule has 0 bridgehead atoms. The van der Waals surface area contributed by atoms with Gasteiger partial charge in [-0.1, -0.05) is 24.3 Å². The molecular formula is C17H17N3O3. The predicted molar refractivity (Wildman–Crippen MR) is 83.5 cm³/mol. The fourth-order valence-corrected chi connectivity index (χ4v) is 1.99. The lowest BCUT2D eigenvalue weighted by Crippen LogP contribution is -2.40. The number of carbonyl (C=O) groups excluding carboxylic acids is 1. The molecule has 118 valence electrons. The van der Waals surface area contributed by atoms with Gasteiger partial charge in [-0.25, -0.2) is 5.48 Å². The zero-order valence-corrected chi connectivity index (χ0v) is 12.4. The van der Waals surface area contributed by atoms with Crippen molar-refractivity contribution in [1.29, 1.82) is 5.26 Å². The van der Waals surface area contributed by atoms with E-state index in [0.29, 0.717) is 24.3 Å². The van der Waals surface area contributed by atoms with Crippen molar-refractivity contribution in [3.05, 3.63) is 65.2 Å². The van der Waals surface area contributed by atoms with Gasteiger partial charge in [-0.3, -0.25) is 10.0 Å². The highest BCUT2D eigenvalue weighted by atomic mass is 16.5. The van der Waals surface area contributed by atoms with Crippen molar-refractivity contribution in [3.8, 4) is 11.8 Å². The average Bonchev–Trinajstić information content (AvgIpc) is 2.60. The maximum absolute atomic E-state index is 11.2. The summed E-state index contributed by atoms with van der Waals surface area (Å²) in [5, 5.41) is 17.3. The van der Waals surface area contributed by atoms with Gasteiger partial charge in [-0.05, 0) is 41.8 Å². The molecule has 23 heavy (non-hydrogen) atoms. The van der Waals surface area contributed by atoms with E-state index in [2.05, 4.69) is 6.07 Å². The summed E-state index contributed by atoms with van der Waals surface area (Å²) in [5.41, 5.74) is 9.61. The van der Waals surface area contributed by atoms with Crippen LogP contribution < -0.4 is 16.0 Å². The smallest absolute Gasteiger partial charge is 0.260 e. The summed E-state index contributed by atoms with van der Waals surface area (Å²) in [4.78, 5) is 11.2. The quantitative estimate of drug-likeness (QED) is 0.553. The number of nitrogens with two attached hydrogens (primary N) is 1. The van der Waals surface area contributed by atoms with Crippen molar-refractivity contribution >= 4 is 5.91 Å². The first-order valence-corrected chi connectivity index (χ1v) is 7.02. The van der Waals surface area contributed by atoms with Crippen LogP contribution in [0, 0.1) is 11.3 Å². The molecule has 0 aromatic heterocycles. The molecule has 6 heteroatoms. The topological polar surface area (TPSA) is 108 Å². The predicted octanol–water partition coefficient (Wildman–Crippen LogP) is 1.51. The Balaban J connectivity index is 1.89. The normalized spacial score (nSPS) is 11.3. The van der Waals surface area contributed by atoms with Crippen molar-refractivity contribution in [2.75, 3.05) is 0 Å². The highest BCUT2D eigenvalue weighted by molar-refractivity contribution is 5.80. The lowest BCUT2D eigenvalue weighted by molar-refractivity contribution is -0.130. The molecule has 0 aliphatic rings. The Morgan fingerprint density at radius 2 is 1.78 bits per heavy atom. The Labute approximate surface area is 134 Å². The van der Waals surface area contributed by atoms with Crippen LogP contribution in [0.5, 0.6) is 5.75 Å². The molecule has 6 nitrogen and oxygen atoms in total. The van der Waals surface area contributed by atoms with E-state index in [4.69, 9.17) is 20.9 Å². The summed E-state index contributed by atoms with van der Waals surface area (Å²) in [6.45, 7) is 0.400. The summed E-state index contributed by atoms with van der Waals surface area (Å²) in [5.74, 6) is 0.0735. The van der Waals surface area contributed by atoms with Crippen molar-refractivity contribution < 1.29 is 14.7 Å². The molecule has 0 aliphatic carbocycles. The first-order valence-electron chi connectivity index (χ1n) is 7.02. The third-order valence-electron chi connectivity index (χ3n) is 3.31. The molecule has 1 amide bonds. The Hall–Kier alpha value is -2.88. The second-order valence-electron chi connectivity index (χ2n) is 5.03. The van der Waals surface area contributed by atoms with E-state index in [1.807, 2.05) is 24.3 Å². The number of ether oxygens (including phenoxy) is 1. The molecule has 0 radical (unpaired) electrons. The highest BCUT2D eigenvalue weighted by Gasteiger charge is 2.12. The van der Waals surface area contributed by atoms with Crippen LogP contribution in [-0.2, 0) is 17.8 Å². The minimum atomic E-state index is -0.801. The van der Waals surface area contributed by atoms with Crippen molar-refractivity contribution in [2.24, 2.45) is 5.73 Å². The minimum absolute atomic E-state index is 0.322. The van der Waals surface area contributed by atoms with Gasteiger partial charge in [0.2, 0.25) is 0 Å². The molecule has 1 unspecified atom stereocenters. The van der Waals surface area contributed by atoms with Crippen LogP contribution >= 0.6 is 0 Å². The van der Waals surface area contributed by atoms with E-state index in [1.54, 1.807) is 24.3 Å². The summed E-state index contributed by atoms with van der Waals surface area (Å²) >= 11 is 0. The number of rotatable bonds is 6. The van der Waals surface area contributed by atoms with Crippen LogP contribution in [0.3, 0.4) is 0 Å². The maximum atomic E-state index is 11.2. The van der Waals surface area contributed by atoms with Gasteiger partial charge >= 0.3 is 0 Å². The molecule has 1 atom stereocenters. The van der Waals surface area contributed by atoms with E-state index < -0.39 is 11.9 Å². The molecule has 0 aliphatic heterocycles. The number of nitrogens with one attached hydrogen (secondary N) is 1. The molecular weight excluding hydrogens is 294 g/mol. The van der Waals surface area contributed by atoms with Crippen molar-refractivity contribution in [1.82, 2.24) is 5.48 Å². The van der Waals surface area contributed by atoms with Gasteiger partial charge in [-0.2, -0.15) is 5.26 Å². The number of hydroxylamine groups is 1. The van der Waals surface area contributed by atoms with Gasteiger partial charge in [0, 0.05) is 0 Å². The molecule has 2 aromatic carbocycles. The summed E-state index contributed by atoms with van der Waals surface area (Å²) in [6, 6.07) is 15.7. The van der Waals surface area contributed by atoms with Crippen molar-refractivity contribution in [2.45, 2.75) is 19.1 Å². The van der Waals surface area contributed by atoms with E-state index >= 15 is 0 Å². The molecule has 0 heterocycles. The Morgan fingerprint density at radius 3 is 2.35 bits per heavy atom. The first kappa shape index (κ1) is 16.5. The first-order chi connectivity index (χ1) is 11.1. The zero-order chi connectivity index (χ0) is 16.7. The second kappa shape index (κ2) is 7.94. The van der Waals surface area contributed by atoms with Gasteiger partial charge in [0.1, 0.15) is 12.4 Å². The van der Waals surface area contributed by atoms with Gasteiger partial charge < -0.3 is 10.5 Å². The number of amides is 1. The molecule has 0 spiro atoms. The zero-order valence-electron chi connectivity index (χ0n) is 12.4. The molecule has 2 rings (SSSR count). The molecule has 0 saturated heterocycles. The van der Waals surface area contributed by atoms with Crippen molar-refractivity contribution in [3.63, 3.8) is 0 Å². The third-order valence-corrected chi connectivity index (χ3v) is 3.31. The number of hydrogen-bond donors (Lipinski definition) is 3. The number of carbonyl (C=O) groups is 1. The fourth-order valence-electron chi connectivity index (χ4n) is 1.99. The van der Waals surface area contributed by atoms with Crippen LogP contribution in [0.25, 0.3) is 0 Å². The molecule has 0 fully saturated rings. The van der Waals surface area contributed by atoms with E-state index in [-0.39, 0.29) is 0 Å². The SMILES string of the molecule is N#Cc1ccc(COc2ccc(CC(N)C(=O)NO)cc2)cc1. The van der Waals surface area contributed by atoms with Crippen LogP contribution in [0.1, 0.15) is 16.7 Å². The van der Waals surface area contributed by atoms with Crippen LogP contribution in [0.2, 0.25) is 0 Å². The number of benzene rings is 2. The second-order valence-corrected chi connectivity index (χ2v) is 5.03. The fraction of sp³-hybridized carbons (Fsp3) is 0.176. The Bertz CT molecular complexity index is 691. The standard InChI is InChI=1S/C17H17N3O3/c18-10-13-1-3-14(4-2-13)11-23-15-7-5-12(6-8-15)9-16(19)17(21)20-22/h1-8,16,22H,9,11,19H2,(H,20,21). The van der Waals surface area contributed by atoms with Gasteiger partial charge in [0.25, 0.3) is 5.91 Å². The lowest BCUT2D eigenvalue weighted by Gasteiger charge is -2.10. The number of nitriles is 1. The molecule has 0 saturated carbocycles. The monoisotopic (exact) mass is 311 g/mol. The van der Waals surface area contributed by atoms with E-state index in [9.17, 15) is 4.79 Å². The minimum Gasteiger partial charge on any atom is -0.489 e. The van der Waals surface area contributed by atoms with Gasteiger partial charge in [0.05, 0.1) is 17.7 Å². The molecule has 2 aromatic rings. The van der Waals surface area contributed by atoms with Crippen LogP contribution in [0.15, 0.2) is 48.5 Å². The Kier molecular flexibility index (Phi) is 5.69.